The van der Waals surface area contributed by atoms with Crippen LogP contribution in [0.5, 0.6) is 0 Å². The smallest absolute Gasteiger partial charge is 0.0879 e. The van der Waals surface area contributed by atoms with Gasteiger partial charge in [0.2, 0.25) is 0 Å². The summed E-state index contributed by atoms with van der Waals surface area (Å²) < 4.78 is 0. The van der Waals surface area contributed by atoms with Crippen LogP contribution in [0.1, 0.15) is 43.2 Å². The summed E-state index contributed by atoms with van der Waals surface area (Å²) in [4.78, 5) is 2.31. The van der Waals surface area contributed by atoms with Crippen LogP contribution >= 0.6 is 23.2 Å². The Morgan fingerprint density at radius 3 is 2.30 bits per heavy atom. The molecule has 0 radical (unpaired) electrons. The van der Waals surface area contributed by atoms with Crippen molar-refractivity contribution in [2.24, 2.45) is 5.92 Å². The van der Waals surface area contributed by atoms with E-state index in [1.54, 1.807) is 0 Å². The molecule has 142 valence electrons. The van der Waals surface area contributed by atoms with Crippen molar-refractivity contribution in [2.45, 2.75) is 44.1 Å². The second kappa shape index (κ2) is 9.11. The summed E-state index contributed by atoms with van der Waals surface area (Å²) in [5.74, 6) is 0.347. The van der Waals surface area contributed by atoms with Gasteiger partial charge in [-0.3, -0.25) is 0 Å². The molecule has 0 spiro atoms. The fraction of sp³-hybridized carbons (Fsp3) is 0.435. The van der Waals surface area contributed by atoms with Gasteiger partial charge < -0.3 is 4.90 Å². The first kappa shape index (κ1) is 20.2. The van der Waals surface area contributed by atoms with Crippen LogP contribution in [0.25, 0.3) is 0 Å². The van der Waals surface area contributed by atoms with Gasteiger partial charge >= 0.3 is 0 Å². The molecule has 1 aliphatic rings. The van der Waals surface area contributed by atoms with Gasteiger partial charge in [-0.2, -0.15) is 5.26 Å². The second-order valence-corrected chi connectivity index (χ2v) is 8.45. The Morgan fingerprint density at radius 1 is 1.07 bits per heavy atom. The largest absolute Gasteiger partial charge is 0.302 e. The Bertz CT molecular complexity index is 776. The molecule has 0 heterocycles. The van der Waals surface area contributed by atoms with Gasteiger partial charge in [0.15, 0.2) is 0 Å². The van der Waals surface area contributed by atoms with Crippen LogP contribution in [-0.4, -0.2) is 18.5 Å². The molecule has 3 rings (SSSR count). The molecule has 1 aliphatic carbocycles. The quantitative estimate of drug-likeness (QED) is 0.507. The zero-order chi connectivity index (χ0) is 19.3. The third kappa shape index (κ3) is 4.49. The molecule has 0 aromatic heterocycles. The monoisotopic (exact) mass is 400 g/mol. The van der Waals surface area contributed by atoms with E-state index in [0.717, 1.165) is 44.3 Å². The summed E-state index contributed by atoms with van der Waals surface area (Å²) in [7, 11) is 2.13. The van der Waals surface area contributed by atoms with E-state index in [4.69, 9.17) is 23.2 Å². The second-order valence-electron chi connectivity index (χ2n) is 7.63. The molecule has 1 saturated carbocycles. The molecule has 0 N–H and O–H groups in total. The van der Waals surface area contributed by atoms with Crippen LogP contribution < -0.4 is 0 Å². The van der Waals surface area contributed by atoms with Crippen molar-refractivity contribution in [3.8, 4) is 6.07 Å². The lowest BCUT2D eigenvalue weighted by Gasteiger charge is -2.42. The van der Waals surface area contributed by atoms with Crippen LogP contribution in [0.4, 0.5) is 0 Å². The van der Waals surface area contributed by atoms with Crippen LogP contribution in [0.2, 0.25) is 10.0 Å². The number of nitriles is 1. The average molecular weight is 401 g/mol. The van der Waals surface area contributed by atoms with Crippen molar-refractivity contribution in [1.82, 2.24) is 4.90 Å². The Kier molecular flexibility index (Phi) is 6.82. The molecule has 1 unspecified atom stereocenters. The summed E-state index contributed by atoms with van der Waals surface area (Å²) in [5, 5.41) is 11.5. The Hall–Kier alpha value is -1.53. The van der Waals surface area contributed by atoms with Gasteiger partial charge in [0.05, 0.1) is 11.5 Å². The van der Waals surface area contributed by atoms with Crippen molar-refractivity contribution in [3.05, 3.63) is 69.7 Å². The van der Waals surface area contributed by atoms with Gasteiger partial charge in [0.1, 0.15) is 0 Å². The van der Waals surface area contributed by atoms with Crippen LogP contribution in [0.3, 0.4) is 0 Å². The fourth-order valence-electron chi connectivity index (χ4n) is 4.16. The third-order valence-corrected chi connectivity index (χ3v) is 6.45. The van der Waals surface area contributed by atoms with Crippen molar-refractivity contribution >= 4 is 23.2 Å². The maximum atomic E-state index is 10.2. The minimum absolute atomic E-state index is 0.347. The lowest BCUT2D eigenvalue weighted by atomic mass is 9.60. The summed E-state index contributed by atoms with van der Waals surface area (Å²) in [6.45, 7) is 1.85. The highest BCUT2D eigenvalue weighted by atomic mass is 35.5. The SMILES string of the molecule is CN(CCCC(C#N)(c1c(Cl)cccc1Cl)C1CCC1)Cc1ccccc1. The first-order chi connectivity index (χ1) is 13.1. The fourth-order valence-corrected chi connectivity index (χ4v) is 4.90. The molecular weight excluding hydrogens is 375 g/mol. The first-order valence-corrected chi connectivity index (χ1v) is 10.4. The van der Waals surface area contributed by atoms with Gasteiger partial charge in [0, 0.05) is 22.2 Å². The van der Waals surface area contributed by atoms with Gasteiger partial charge in [0.25, 0.3) is 0 Å². The highest BCUT2D eigenvalue weighted by Gasteiger charge is 2.45. The molecule has 0 saturated heterocycles. The molecule has 2 aromatic rings. The topological polar surface area (TPSA) is 27.0 Å². The van der Waals surface area contributed by atoms with Crippen LogP contribution in [-0.2, 0) is 12.0 Å². The minimum atomic E-state index is -0.582. The molecule has 0 amide bonds. The first-order valence-electron chi connectivity index (χ1n) is 9.65. The predicted octanol–water partition coefficient (Wildman–Crippen LogP) is 6.47. The molecular formula is C23H26Cl2N2. The molecule has 1 fully saturated rings. The normalized spacial score (nSPS) is 16.6. The number of nitrogens with zero attached hydrogens (tertiary/aromatic N) is 2. The van der Waals surface area contributed by atoms with E-state index in [-0.39, 0.29) is 0 Å². The van der Waals surface area contributed by atoms with E-state index in [1.165, 1.54) is 12.0 Å². The maximum Gasteiger partial charge on any atom is 0.0879 e. The lowest BCUT2D eigenvalue weighted by molar-refractivity contribution is 0.188. The number of hydrogen-bond donors (Lipinski definition) is 0. The standard InChI is InChI=1S/C23H26Cl2N2/c1-27(16-18-8-3-2-4-9-18)15-7-14-23(17-26,19-10-5-11-19)22-20(24)12-6-13-21(22)25/h2-4,6,8-9,12-13,19H,5,7,10-11,14-16H2,1H3. The van der Waals surface area contributed by atoms with Gasteiger partial charge in [-0.1, -0.05) is 66.0 Å². The molecule has 0 bridgehead atoms. The Labute approximate surface area is 172 Å². The van der Waals surface area contributed by atoms with E-state index < -0.39 is 5.41 Å². The number of benzene rings is 2. The molecule has 4 heteroatoms. The van der Waals surface area contributed by atoms with Crippen molar-refractivity contribution < 1.29 is 0 Å². The average Bonchev–Trinajstić information content (AvgIpc) is 2.60. The van der Waals surface area contributed by atoms with E-state index >= 15 is 0 Å². The van der Waals surface area contributed by atoms with Crippen LogP contribution in [0.15, 0.2) is 48.5 Å². The highest BCUT2D eigenvalue weighted by Crippen LogP contribution is 2.50. The van der Waals surface area contributed by atoms with E-state index in [2.05, 4.69) is 42.3 Å². The molecule has 1 atom stereocenters. The third-order valence-electron chi connectivity index (χ3n) is 5.82. The summed E-state index contributed by atoms with van der Waals surface area (Å²) in [6.07, 6.45) is 5.07. The number of rotatable bonds is 8. The van der Waals surface area contributed by atoms with E-state index in [9.17, 15) is 5.26 Å². The van der Waals surface area contributed by atoms with E-state index in [0.29, 0.717) is 16.0 Å². The number of hydrogen-bond acceptors (Lipinski definition) is 2. The van der Waals surface area contributed by atoms with Gasteiger partial charge in [-0.25, -0.2) is 0 Å². The summed E-state index contributed by atoms with van der Waals surface area (Å²) in [6, 6.07) is 18.7. The van der Waals surface area contributed by atoms with E-state index in [1.807, 2.05) is 24.3 Å². The summed E-state index contributed by atoms with van der Waals surface area (Å²) in [5.41, 5.74) is 1.56. The molecule has 0 aliphatic heterocycles. The zero-order valence-electron chi connectivity index (χ0n) is 15.8. The summed E-state index contributed by atoms with van der Waals surface area (Å²) >= 11 is 13.0. The molecule has 27 heavy (non-hydrogen) atoms. The lowest BCUT2D eigenvalue weighted by Crippen LogP contribution is -2.39. The predicted molar refractivity (Wildman–Crippen MR) is 113 cm³/mol. The molecule has 2 aromatic carbocycles. The molecule has 2 nitrogen and oxygen atoms in total. The van der Waals surface area contributed by atoms with Crippen molar-refractivity contribution in [1.29, 1.82) is 5.26 Å². The van der Waals surface area contributed by atoms with Crippen molar-refractivity contribution in [3.63, 3.8) is 0 Å². The Balaban J connectivity index is 1.72. The highest BCUT2D eigenvalue weighted by molar-refractivity contribution is 6.36. The van der Waals surface area contributed by atoms with Crippen LogP contribution in [0, 0.1) is 17.2 Å². The maximum absolute atomic E-state index is 10.2. The van der Waals surface area contributed by atoms with Crippen molar-refractivity contribution in [2.75, 3.05) is 13.6 Å². The Morgan fingerprint density at radius 2 is 1.74 bits per heavy atom. The van der Waals surface area contributed by atoms with Gasteiger partial charge in [-0.15, -0.1) is 0 Å². The zero-order valence-corrected chi connectivity index (χ0v) is 17.3. The minimum Gasteiger partial charge on any atom is -0.302 e. The van der Waals surface area contributed by atoms with Gasteiger partial charge in [-0.05, 0) is 62.9 Å². The number of halogens is 2.